The second-order valence-electron chi connectivity index (χ2n) is 3.21. The number of hydrogen-bond acceptors (Lipinski definition) is 4. The van der Waals surface area contributed by atoms with E-state index in [4.69, 9.17) is 16.7 Å². The van der Waals surface area contributed by atoms with Crippen LogP contribution in [0, 0.1) is 0 Å². The van der Waals surface area contributed by atoms with E-state index in [1.807, 2.05) is 6.07 Å². The number of carbonyl (C=O) groups is 1. The van der Waals surface area contributed by atoms with Gasteiger partial charge in [0, 0.05) is 12.4 Å². The molecule has 0 aromatic carbocycles. The van der Waals surface area contributed by atoms with E-state index in [0.717, 1.165) is 9.50 Å². The molecule has 0 bridgehead atoms. The summed E-state index contributed by atoms with van der Waals surface area (Å²) in [7, 11) is 0. The molecular weight excluding hydrogens is 340 g/mol. The lowest BCUT2D eigenvalue weighted by atomic mass is 10.3. The Bertz CT molecular complexity index is 609. The largest absolute Gasteiger partial charge is 0.478 e. The van der Waals surface area contributed by atoms with Gasteiger partial charge < -0.3 is 5.11 Å². The van der Waals surface area contributed by atoms with Crippen molar-refractivity contribution in [2.75, 3.05) is 0 Å². The molecule has 0 spiro atoms. The number of halogens is 2. The molecule has 0 saturated carbocycles. The summed E-state index contributed by atoms with van der Waals surface area (Å²) in [5.74, 6) is -1.06. The van der Waals surface area contributed by atoms with Crippen molar-refractivity contribution in [1.82, 2.24) is 9.97 Å². The second kappa shape index (κ2) is 5.69. The molecule has 0 aliphatic rings. The minimum absolute atomic E-state index is 0.0597. The summed E-state index contributed by atoms with van der Waals surface area (Å²) >= 11 is 10.6. The number of rotatable bonds is 3. The van der Waals surface area contributed by atoms with Crippen molar-refractivity contribution in [3.8, 4) is 0 Å². The maximum atomic E-state index is 10.8. The van der Waals surface area contributed by atoms with Crippen LogP contribution in [-0.4, -0.2) is 21.0 Å². The number of carboxylic acid groups (broad SMARTS) is 1. The number of aromatic nitrogens is 2. The molecule has 0 unspecified atom stereocenters. The summed E-state index contributed by atoms with van der Waals surface area (Å²) in [6.45, 7) is 0. The molecule has 18 heavy (non-hydrogen) atoms. The Hall–Kier alpha value is -1.11. The molecule has 92 valence electrons. The molecule has 1 N–H and O–H groups in total. The molecule has 0 amide bonds. The Balaban J connectivity index is 2.30. The van der Waals surface area contributed by atoms with Gasteiger partial charge in [-0.05, 0) is 45.9 Å². The topological polar surface area (TPSA) is 63.1 Å². The molecule has 2 aromatic heterocycles. The highest BCUT2D eigenvalue weighted by molar-refractivity contribution is 9.10. The van der Waals surface area contributed by atoms with Crippen LogP contribution in [0.15, 0.2) is 45.1 Å². The predicted octanol–water partition coefficient (Wildman–Crippen LogP) is 3.74. The minimum atomic E-state index is -1.06. The smallest absolute Gasteiger partial charge is 0.337 e. The van der Waals surface area contributed by atoms with Crippen LogP contribution >= 0.6 is 39.3 Å². The molecule has 7 heteroatoms. The lowest BCUT2D eigenvalue weighted by Crippen LogP contribution is -1.97. The molecule has 0 atom stereocenters. The van der Waals surface area contributed by atoms with Crippen molar-refractivity contribution in [2.24, 2.45) is 0 Å². The Morgan fingerprint density at radius 2 is 2.17 bits per heavy atom. The van der Waals surface area contributed by atoms with E-state index >= 15 is 0 Å². The number of nitrogens with zero attached hydrogens (tertiary/aromatic N) is 2. The van der Waals surface area contributed by atoms with Gasteiger partial charge in [-0.1, -0.05) is 11.6 Å². The molecule has 0 saturated heterocycles. The summed E-state index contributed by atoms with van der Waals surface area (Å²) in [6.07, 6.45) is 2.93. The molecule has 2 rings (SSSR count). The van der Waals surface area contributed by atoms with E-state index in [1.165, 1.54) is 24.0 Å². The first-order valence-electron chi connectivity index (χ1n) is 4.75. The van der Waals surface area contributed by atoms with Crippen molar-refractivity contribution in [1.29, 1.82) is 0 Å². The van der Waals surface area contributed by atoms with Crippen LogP contribution < -0.4 is 0 Å². The summed E-state index contributed by atoms with van der Waals surface area (Å²) in [4.78, 5) is 19.0. The average molecular weight is 346 g/mol. The van der Waals surface area contributed by atoms with Gasteiger partial charge in [-0.2, -0.15) is 0 Å². The van der Waals surface area contributed by atoms with Gasteiger partial charge in [0.1, 0.15) is 10.1 Å². The third kappa shape index (κ3) is 3.01. The molecule has 4 nitrogen and oxygen atoms in total. The zero-order chi connectivity index (χ0) is 13.1. The van der Waals surface area contributed by atoms with Gasteiger partial charge in [0.2, 0.25) is 0 Å². The normalized spacial score (nSPS) is 10.3. The van der Waals surface area contributed by atoms with Crippen LogP contribution in [0.25, 0.3) is 0 Å². The fraction of sp³-hybridized carbons (Fsp3) is 0. The molecule has 2 heterocycles. The van der Waals surface area contributed by atoms with Gasteiger partial charge >= 0.3 is 5.97 Å². The fourth-order valence-electron chi connectivity index (χ4n) is 1.16. The highest BCUT2D eigenvalue weighted by Crippen LogP contribution is 2.34. The zero-order valence-electron chi connectivity index (χ0n) is 8.80. The number of aromatic carboxylic acids is 1. The van der Waals surface area contributed by atoms with Crippen molar-refractivity contribution in [3.05, 3.63) is 45.7 Å². The van der Waals surface area contributed by atoms with Crippen LogP contribution in [0.4, 0.5) is 0 Å². The Labute approximate surface area is 121 Å². The monoisotopic (exact) mass is 344 g/mol. The van der Waals surface area contributed by atoms with Gasteiger partial charge in [-0.3, -0.25) is 0 Å². The van der Waals surface area contributed by atoms with Crippen molar-refractivity contribution < 1.29 is 9.90 Å². The van der Waals surface area contributed by atoms with Crippen molar-refractivity contribution >= 4 is 45.3 Å². The Kier molecular flexibility index (Phi) is 4.21. The highest BCUT2D eigenvalue weighted by Gasteiger charge is 2.11. The second-order valence-corrected chi connectivity index (χ2v) is 5.45. The molecule has 0 aliphatic carbocycles. The van der Waals surface area contributed by atoms with Crippen LogP contribution in [0.1, 0.15) is 10.4 Å². The summed E-state index contributed by atoms with van der Waals surface area (Å²) in [5, 5.41) is 10.3. The van der Waals surface area contributed by atoms with Gasteiger partial charge in [-0.25, -0.2) is 14.8 Å². The molecule has 0 fully saturated rings. The van der Waals surface area contributed by atoms with E-state index in [2.05, 4.69) is 25.9 Å². The first kappa shape index (κ1) is 13.3. The molecule has 2 aromatic rings. The minimum Gasteiger partial charge on any atom is -0.478 e. The maximum Gasteiger partial charge on any atom is 0.337 e. The first-order valence-corrected chi connectivity index (χ1v) is 6.74. The third-order valence-corrected chi connectivity index (χ3v) is 4.31. The van der Waals surface area contributed by atoms with E-state index in [0.29, 0.717) is 5.03 Å². The average Bonchev–Trinajstić information content (AvgIpc) is 2.34. The lowest BCUT2D eigenvalue weighted by Gasteiger charge is -2.04. The Morgan fingerprint density at radius 1 is 1.39 bits per heavy atom. The van der Waals surface area contributed by atoms with E-state index < -0.39 is 5.97 Å². The van der Waals surface area contributed by atoms with Crippen LogP contribution in [0.3, 0.4) is 0 Å². The van der Waals surface area contributed by atoms with Gasteiger partial charge in [0.25, 0.3) is 0 Å². The first-order chi connectivity index (χ1) is 8.58. The summed E-state index contributed by atoms with van der Waals surface area (Å²) < 4.78 is 0.829. The van der Waals surface area contributed by atoms with E-state index in [1.54, 1.807) is 12.3 Å². The third-order valence-electron chi connectivity index (χ3n) is 1.97. The van der Waals surface area contributed by atoms with E-state index in [9.17, 15) is 4.79 Å². The number of pyridine rings is 2. The summed E-state index contributed by atoms with van der Waals surface area (Å²) in [6, 6.07) is 5.03. The molecular formula is C11H6BrClN2O2S. The van der Waals surface area contributed by atoms with Gasteiger partial charge in [0.15, 0.2) is 0 Å². The van der Waals surface area contributed by atoms with Crippen LogP contribution in [0.5, 0.6) is 0 Å². The maximum absolute atomic E-state index is 10.8. The van der Waals surface area contributed by atoms with E-state index in [-0.39, 0.29) is 10.6 Å². The van der Waals surface area contributed by atoms with Crippen LogP contribution in [-0.2, 0) is 0 Å². The fourth-order valence-corrected chi connectivity index (χ4v) is 2.66. The van der Waals surface area contributed by atoms with Gasteiger partial charge in [0.05, 0.1) is 15.1 Å². The lowest BCUT2D eigenvalue weighted by molar-refractivity contribution is 0.0696. The molecule has 0 radical (unpaired) electrons. The Morgan fingerprint density at radius 3 is 2.78 bits per heavy atom. The van der Waals surface area contributed by atoms with Crippen molar-refractivity contribution in [3.63, 3.8) is 0 Å². The SMILES string of the molecule is O=C(O)c1cnc(Sc2ncccc2Br)c(Cl)c1. The predicted molar refractivity (Wildman–Crippen MR) is 72.3 cm³/mol. The zero-order valence-corrected chi connectivity index (χ0v) is 12.0. The van der Waals surface area contributed by atoms with Gasteiger partial charge in [-0.15, -0.1) is 0 Å². The number of hydrogen-bond donors (Lipinski definition) is 1. The number of carboxylic acids is 1. The quantitative estimate of drug-likeness (QED) is 0.918. The standard InChI is InChI=1S/C11H6BrClN2O2S/c12-7-2-1-3-14-9(7)18-10-8(13)4-6(5-15-10)11(16)17/h1-5H,(H,16,17). The van der Waals surface area contributed by atoms with Crippen molar-refractivity contribution in [2.45, 2.75) is 10.1 Å². The summed E-state index contributed by atoms with van der Waals surface area (Å²) in [5.41, 5.74) is 0.0597. The van der Waals surface area contributed by atoms with Crippen LogP contribution in [0.2, 0.25) is 5.02 Å². The highest BCUT2D eigenvalue weighted by atomic mass is 79.9. The molecule has 0 aliphatic heterocycles.